The summed E-state index contributed by atoms with van der Waals surface area (Å²) in [5.41, 5.74) is 13.0. The maximum Gasteiger partial charge on any atom is 0.0637 e. The summed E-state index contributed by atoms with van der Waals surface area (Å²) in [6.07, 6.45) is 15.5. The SMILES string of the molecule is C=Cc1sc2c(N(C3=CC=C(n4c5c(c6ccccc64)CCC=C5)CC3)c3cccc(-c4ccccc4)c3)cccc2c1C. The topological polar surface area (TPSA) is 8.17 Å². The molecule has 0 fully saturated rings. The second-order valence-electron chi connectivity index (χ2n) is 11.7. The number of fused-ring (bicyclic) bond motifs is 4. The third-order valence-corrected chi connectivity index (χ3v) is 10.5. The van der Waals surface area contributed by atoms with Crippen molar-refractivity contribution in [2.45, 2.75) is 32.6 Å². The number of hydrogen-bond donors (Lipinski definition) is 0. The number of hydrogen-bond acceptors (Lipinski definition) is 2. The van der Waals surface area contributed by atoms with Crippen molar-refractivity contribution in [1.29, 1.82) is 0 Å². The number of para-hydroxylation sites is 1. The van der Waals surface area contributed by atoms with Crippen LogP contribution in [0.15, 0.2) is 128 Å². The molecule has 4 aromatic carbocycles. The van der Waals surface area contributed by atoms with Gasteiger partial charge < -0.3 is 9.47 Å². The lowest BCUT2D eigenvalue weighted by atomic mass is 10.0. The Kier molecular flexibility index (Phi) is 6.69. The Balaban J connectivity index is 1.30. The van der Waals surface area contributed by atoms with Gasteiger partial charge in [-0.3, -0.25) is 0 Å². The largest absolute Gasteiger partial charge is 0.313 e. The molecule has 8 rings (SSSR count). The van der Waals surface area contributed by atoms with Gasteiger partial charge in [0.25, 0.3) is 0 Å². The molecule has 0 radical (unpaired) electrons. The van der Waals surface area contributed by atoms with E-state index in [0.29, 0.717) is 0 Å². The number of nitrogens with zero attached hydrogens (tertiary/aromatic N) is 2. The fourth-order valence-electron chi connectivity index (χ4n) is 7.02. The Morgan fingerprint density at radius 2 is 1.59 bits per heavy atom. The summed E-state index contributed by atoms with van der Waals surface area (Å²) in [5.74, 6) is 0. The van der Waals surface area contributed by atoms with Crippen LogP contribution >= 0.6 is 11.3 Å². The number of aromatic nitrogens is 1. The average Bonchev–Trinajstić information content (AvgIpc) is 3.60. The van der Waals surface area contributed by atoms with Crippen LogP contribution in [0.4, 0.5) is 11.4 Å². The summed E-state index contributed by atoms with van der Waals surface area (Å²) >= 11 is 1.84. The number of thiophene rings is 1. The summed E-state index contributed by atoms with van der Waals surface area (Å²) in [4.78, 5) is 3.73. The zero-order valence-electron chi connectivity index (χ0n) is 25.0. The lowest BCUT2D eigenvalue weighted by molar-refractivity contribution is 0.879. The van der Waals surface area contributed by atoms with Crippen molar-refractivity contribution in [3.8, 4) is 11.1 Å². The first-order chi connectivity index (χ1) is 21.7. The molecule has 2 heterocycles. The number of rotatable bonds is 6. The summed E-state index contributed by atoms with van der Waals surface area (Å²) < 4.78 is 3.81. The van der Waals surface area contributed by atoms with E-state index in [9.17, 15) is 0 Å². The summed E-state index contributed by atoms with van der Waals surface area (Å²) in [5, 5.41) is 2.69. The Morgan fingerprint density at radius 3 is 2.43 bits per heavy atom. The first kappa shape index (κ1) is 26.7. The van der Waals surface area contributed by atoms with Gasteiger partial charge in [0.1, 0.15) is 0 Å². The van der Waals surface area contributed by atoms with E-state index in [-0.39, 0.29) is 0 Å². The van der Waals surface area contributed by atoms with Crippen LogP contribution in [0.5, 0.6) is 0 Å². The minimum absolute atomic E-state index is 0.946. The predicted molar refractivity (Wildman–Crippen MR) is 192 cm³/mol. The van der Waals surface area contributed by atoms with Gasteiger partial charge in [-0.15, -0.1) is 11.3 Å². The molecule has 2 nitrogen and oxygen atoms in total. The minimum atomic E-state index is 0.946. The molecule has 3 heteroatoms. The fourth-order valence-corrected chi connectivity index (χ4v) is 8.18. The van der Waals surface area contributed by atoms with Gasteiger partial charge in [0.2, 0.25) is 0 Å². The minimum Gasteiger partial charge on any atom is -0.313 e. The molecule has 0 amide bonds. The van der Waals surface area contributed by atoms with Crippen molar-refractivity contribution in [3.63, 3.8) is 0 Å². The quantitative estimate of drug-likeness (QED) is 0.188. The van der Waals surface area contributed by atoms with Crippen LogP contribution in [-0.2, 0) is 6.42 Å². The molecular formula is C41H34N2S. The number of allylic oxidation sites excluding steroid dienone is 5. The maximum absolute atomic E-state index is 4.11. The van der Waals surface area contributed by atoms with Gasteiger partial charge in [0, 0.05) is 33.0 Å². The monoisotopic (exact) mass is 586 g/mol. The predicted octanol–water partition coefficient (Wildman–Crippen LogP) is 11.8. The molecule has 44 heavy (non-hydrogen) atoms. The number of anilines is 2. The summed E-state index contributed by atoms with van der Waals surface area (Å²) in [6.45, 7) is 6.32. The second kappa shape index (κ2) is 11.0. The van der Waals surface area contributed by atoms with Crippen LogP contribution < -0.4 is 4.90 Å². The van der Waals surface area contributed by atoms with Crippen molar-refractivity contribution in [2.24, 2.45) is 0 Å². The van der Waals surface area contributed by atoms with E-state index in [1.165, 1.54) is 76.6 Å². The van der Waals surface area contributed by atoms with Crippen LogP contribution in [0, 0.1) is 6.92 Å². The van der Waals surface area contributed by atoms with Gasteiger partial charge in [0.15, 0.2) is 0 Å². The highest BCUT2D eigenvalue weighted by Gasteiger charge is 2.24. The smallest absolute Gasteiger partial charge is 0.0637 e. The first-order valence-corrected chi connectivity index (χ1v) is 16.3. The molecule has 0 aliphatic heterocycles. The van der Waals surface area contributed by atoms with E-state index in [2.05, 4.69) is 144 Å². The third kappa shape index (κ3) is 4.39. The molecule has 2 aliphatic rings. The normalized spacial score (nSPS) is 14.4. The molecule has 0 bridgehead atoms. The number of benzene rings is 4. The van der Waals surface area contributed by atoms with Gasteiger partial charge in [-0.05, 0) is 103 Å². The molecule has 0 saturated carbocycles. The first-order valence-electron chi connectivity index (χ1n) is 15.5. The lowest BCUT2D eigenvalue weighted by Gasteiger charge is -2.31. The fraction of sp³-hybridized carbons (Fsp3) is 0.122. The summed E-state index contributed by atoms with van der Waals surface area (Å²) in [7, 11) is 0. The molecule has 6 aromatic rings. The van der Waals surface area contributed by atoms with Crippen molar-refractivity contribution in [3.05, 3.63) is 149 Å². The van der Waals surface area contributed by atoms with Crippen LogP contribution in [0.25, 0.3) is 50.0 Å². The number of aryl methyl sites for hydroxylation is 2. The van der Waals surface area contributed by atoms with Crippen LogP contribution in [0.1, 0.15) is 41.0 Å². The van der Waals surface area contributed by atoms with Gasteiger partial charge in [-0.2, -0.15) is 0 Å². The van der Waals surface area contributed by atoms with Crippen molar-refractivity contribution < 1.29 is 0 Å². The van der Waals surface area contributed by atoms with Gasteiger partial charge in [-0.1, -0.05) is 91.5 Å². The standard InChI is InChI=1S/C41H34N2S/c1-3-40-28(2)34-19-12-22-39(41(34)44-40)42(33-16-11-15-30(27-33)29-13-5-4-6-14-29)31-23-25-32(26-24-31)43-37-20-9-7-17-35(37)36-18-8-10-21-38(36)43/h3-7,9-17,19-23,25,27H,1,8,18,24,26H2,2H3. The molecule has 2 aliphatic carbocycles. The van der Waals surface area contributed by atoms with Crippen molar-refractivity contribution in [2.75, 3.05) is 4.90 Å². The molecule has 2 aromatic heterocycles. The lowest BCUT2D eigenvalue weighted by Crippen LogP contribution is -2.19. The summed E-state index contributed by atoms with van der Waals surface area (Å²) in [6, 6.07) is 35.3. The highest BCUT2D eigenvalue weighted by atomic mass is 32.1. The van der Waals surface area contributed by atoms with Gasteiger partial charge in [0.05, 0.1) is 15.9 Å². The maximum atomic E-state index is 4.11. The van der Waals surface area contributed by atoms with Crippen LogP contribution in [0.2, 0.25) is 0 Å². The highest BCUT2D eigenvalue weighted by molar-refractivity contribution is 7.20. The highest BCUT2D eigenvalue weighted by Crippen LogP contribution is 2.45. The van der Waals surface area contributed by atoms with E-state index in [0.717, 1.165) is 25.7 Å². The Morgan fingerprint density at radius 1 is 0.795 bits per heavy atom. The zero-order valence-corrected chi connectivity index (χ0v) is 25.8. The molecular weight excluding hydrogens is 553 g/mol. The van der Waals surface area contributed by atoms with Gasteiger partial charge >= 0.3 is 0 Å². The molecule has 0 unspecified atom stereocenters. The molecule has 214 valence electrons. The second-order valence-corrected chi connectivity index (χ2v) is 12.7. The Labute approximate surface area is 263 Å². The molecule has 0 N–H and O–H groups in total. The molecule has 0 spiro atoms. The van der Waals surface area contributed by atoms with Crippen molar-refractivity contribution >= 4 is 61.5 Å². The third-order valence-electron chi connectivity index (χ3n) is 9.15. The van der Waals surface area contributed by atoms with Crippen LogP contribution in [-0.4, -0.2) is 4.57 Å². The Bertz CT molecular complexity index is 2150. The average molecular weight is 587 g/mol. The zero-order chi connectivity index (χ0) is 29.6. The van der Waals surface area contributed by atoms with E-state index in [1.54, 1.807) is 0 Å². The van der Waals surface area contributed by atoms with E-state index in [1.807, 2.05) is 17.4 Å². The molecule has 0 saturated heterocycles. The van der Waals surface area contributed by atoms with Crippen molar-refractivity contribution in [1.82, 2.24) is 4.57 Å². The Hall–Kier alpha value is -4.86. The van der Waals surface area contributed by atoms with E-state index < -0.39 is 0 Å². The van der Waals surface area contributed by atoms with E-state index >= 15 is 0 Å². The van der Waals surface area contributed by atoms with Crippen LogP contribution in [0.3, 0.4) is 0 Å². The molecule has 0 atom stereocenters. The van der Waals surface area contributed by atoms with E-state index in [4.69, 9.17) is 0 Å². The van der Waals surface area contributed by atoms with Gasteiger partial charge in [-0.25, -0.2) is 0 Å².